The summed E-state index contributed by atoms with van der Waals surface area (Å²) in [7, 11) is -6.07. The fourth-order valence-corrected chi connectivity index (χ4v) is 2.01. The summed E-state index contributed by atoms with van der Waals surface area (Å²) in [6, 6.07) is 0. The number of ether oxygens (including phenoxy) is 2. The summed E-state index contributed by atoms with van der Waals surface area (Å²) in [5.74, 6) is -2.65. The fraction of sp³-hybridized carbons (Fsp3) is 0.867. The van der Waals surface area contributed by atoms with E-state index in [0.29, 0.717) is 13.0 Å². The van der Waals surface area contributed by atoms with Crippen molar-refractivity contribution in [3.63, 3.8) is 0 Å². The van der Waals surface area contributed by atoms with Gasteiger partial charge >= 0.3 is 17.2 Å². The molecule has 0 rings (SSSR count). The summed E-state index contributed by atoms with van der Waals surface area (Å²) < 4.78 is 65.4. The number of carbonyl (C=O) groups is 2. The van der Waals surface area contributed by atoms with Crippen LogP contribution in [-0.2, 0) is 29.2 Å². The van der Waals surface area contributed by atoms with Gasteiger partial charge in [0.1, 0.15) is 0 Å². The average Bonchev–Trinajstić information content (AvgIpc) is 2.53. The molecular formula is C15H25F2O7S-. The van der Waals surface area contributed by atoms with Crippen LogP contribution >= 0.6 is 0 Å². The van der Waals surface area contributed by atoms with Crippen LogP contribution in [0.2, 0.25) is 0 Å². The van der Waals surface area contributed by atoms with Gasteiger partial charge in [-0.15, -0.1) is 0 Å². The van der Waals surface area contributed by atoms with Crippen molar-refractivity contribution >= 4 is 22.1 Å². The van der Waals surface area contributed by atoms with Crippen molar-refractivity contribution in [2.45, 2.75) is 64.0 Å². The number of carbonyl (C=O) groups excluding carboxylic acids is 2. The molecule has 0 bridgehead atoms. The van der Waals surface area contributed by atoms with Crippen molar-refractivity contribution in [2.24, 2.45) is 5.92 Å². The predicted molar refractivity (Wildman–Crippen MR) is 83.7 cm³/mol. The third-order valence-corrected chi connectivity index (χ3v) is 4.38. The van der Waals surface area contributed by atoms with Crippen molar-refractivity contribution in [1.29, 1.82) is 0 Å². The van der Waals surface area contributed by atoms with Crippen molar-refractivity contribution in [3.8, 4) is 0 Å². The Morgan fingerprint density at radius 1 is 1.00 bits per heavy atom. The molecule has 1 unspecified atom stereocenters. The summed E-state index contributed by atoms with van der Waals surface area (Å²) in [6.45, 7) is 3.69. The van der Waals surface area contributed by atoms with E-state index in [0.717, 1.165) is 32.1 Å². The number of alkyl halides is 2. The van der Waals surface area contributed by atoms with Gasteiger partial charge in [0.2, 0.25) is 0 Å². The summed E-state index contributed by atoms with van der Waals surface area (Å²) in [4.78, 5) is 22.2. The molecule has 0 aliphatic heterocycles. The molecule has 0 N–H and O–H groups in total. The number of halogens is 2. The van der Waals surface area contributed by atoms with Gasteiger partial charge in [0.15, 0.2) is 10.1 Å². The van der Waals surface area contributed by atoms with Gasteiger partial charge in [-0.2, -0.15) is 8.78 Å². The molecule has 148 valence electrons. The molecule has 0 aliphatic carbocycles. The van der Waals surface area contributed by atoms with Crippen LogP contribution in [0.3, 0.4) is 0 Å². The maximum atomic E-state index is 12.8. The van der Waals surface area contributed by atoms with Crippen LogP contribution in [0.25, 0.3) is 0 Å². The summed E-state index contributed by atoms with van der Waals surface area (Å²) in [5, 5.41) is -5.06. The van der Waals surface area contributed by atoms with Gasteiger partial charge in [0.25, 0.3) is 0 Å². The van der Waals surface area contributed by atoms with Crippen molar-refractivity contribution < 1.29 is 40.8 Å². The largest absolute Gasteiger partial charge is 0.743 e. The van der Waals surface area contributed by atoms with E-state index in [1.807, 2.05) is 6.92 Å². The minimum atomic E-state index is -6.07. The lowest BCUT2D eigenvalue weighted by molar-refractivity contribution is -0.161. The molecule has 0 fully saturated rings. The van der Waals surface area contributed by atoms with E-state index >= 15 is 0 Å². The van der Waals surface area contributed by atoms with Gasteiger partial charge < -0.3 is 14.0 Å². The molecule has 1 atom stereocenters. The van der Waals surface area contributed by atoms with Crippen LogP contribution < -0.4 is 0 Å². The molecule has 10 heteroatoms. The maximum Gasteiger partial charge on any atom is 0.428 e. The number of unbranched alkanes of at least 4 members (excludes halogenated alkanes) is 5. The summed E-state index contributed by atoms with van der Waals surface area (Å²) in [5.41, 5.74) is 0. The Morgan fingerprint density at radius 2 is 1.44 bits per heavy atom. The first-order valence-corrected chi connectivity index (χ1v) is 9.62. The minimum Gasteiger partial charge on any atom is -0.743 e. The SMILES string of the molecule is CCC(C)C(=O)OCCCCCCCCOC(=O)C(F)(F)S(=O)(=O)[O-]. The third-order valence-electron chi connectivity index (χ3n) is 3.58. The van der Waals surface area contributed by atoms with Crippen LogP contribution in [0.4, 0.5) is 8.78 Å². The topological polar surface area (TPSA) is 110 Å². The Balaban J connectivity index is 3.63. The molecule has 0 amide bonds. The Hall–Kier alpha value is -1.29. The smallest absolute Gasteiger partial charge is 0.428 e. The van der Waals surface area contributed by atoms with E-state index in [9.17, 15) is 31.3 Å². The zero-order valence-electron chi connectivity index (χ0n) is 14.5. The van der Waals surface area contributed by atoms with Crippen molar-refractivity contribution in [3.05, 3.63) is 0 Å². The van der Waals surface area contributed by atoms with Crippen LogP contribution in [-0.4, -0.2) is 43.4 Å². The molecule has 0 heterocycles. The molecule has 0 aromatic rings. The van der Waals surface area contributed by atoms with E-state index in [1.165, 1.54) is 0 Å². The molecule has 0 spiro atoms. The second kappa shape index (κ2) is 11.3. The van der Waals surface area contributed by atoms with E-state index in [-0.39, 0.29) is 24.9 Å². The number of rotatable bonds is 13. The van der Waals surface area contributed by atoms with Gasteiger partial charge in [-0.1, -0.05) is 39.5 Å². The van der Waals surface area contributed by atoms with E-state index in [2.05, 4.69) is 4.74 Å². The van der Waals surface area contributed by atoms with Crippen LogP contribution in [0, 0.1) is 5.92 Å². The molecular weight excluding hydrogens is 362 g/mol. The predicted octanol–water partition coefficient (Wildman–Crippen LogP) is 2.60. The first-order chi connectivity index (χ1) is 11.5. The zero-order chi connectivity index (χ0) is 19.5. The standard InChI is InChI=1S/C15H26F2O7S/c1-3-12(2)13(18)23-10-8-6-4-5-7-9-11-24-14(19)15(16,17)25(20,21)22/h12H,3-11H2,1-2H3,(H,20,21,22)/p-1. The maximum absolute atomic E-state index is 12.8. The minimum absolute atomic E-state index is 0.105. The molecule has 0 saturated heterocycles. The Morgan fingerprint density at radius 3 is 1.88 bits per heavy atom. The van der Waals surface area contributed by atoms with Gasteiger partial charge in [0, 0.05) is 0 Å². The highest BCUT2D eigenvalue weighted by Crippen LogP contribution is 2.22. The first kappa shape index (κ1) is 23.7. The number of esters is 2. The summed E-state index contributed by atoms with van der Waals surface area (Å²) in [6.07, 6.45) is 4.76. The van der Waals surface area contributed by atoms with E-state index in [1.54, 1.807) is 6.92 Å². The molecule has 7 nitrogen and oxygen atoms in total. The second-order valence-corrected chi connectivity index (χ2v) is 7.13. The molecule has 0 saturated carbocycles. The van der Waals surface area contributed by atoms with E-state index < -0.39 is 21.3 Å². The lowest BCUT2D eigenvalue weighted by Gasteiger charge is -2.17. The number of hydrogen-bond acceptors (Lipinski definition) is 7. The third kappa shape index (κ3) is 9.10. The summed E-state index contributed by atoms with van der Waals surface area (Å²) >= 11 is 0. The van der Waals surface area contributed by atoms with Crippen LogP contribution in [0.1, 0.15) is 58.8 Å². The van der Waals surface area contributed by atoms with E-state index in [4.69, 9.17) is 4.74 Å². The lowest BCUT2D eigenvalue weighted by atomic mass is 10.1. The van der Waals surface area contributed by atoms with Gasteiger partial charge in [-0.05, 0) is 19.3 Å². The monoisotopic (exact) mass is 387 g/mol. The van der Waals surface area contributed by atoms with Crippen LogP contribution in [0.5, 0.6) is 0 Å². The normalized spacial score (nSPS) is 13.3. The highest BCUT2D eigenvalue weighted by atomic mass is 32.2. The molecule has 25 heavy (non-hydrogen) atoms. The van der Waals surface area contributed by atoms with Crippen molar-refractivity contribution in [2.75, 3.05) is 13.2 Å². The molecule has 0 aromatic carbocycles. The fourth-order valence-electron chi connectivity index (χ4n) is 1.74. The Kier molecular flexibility index (Phi) is 10.8. The number of hydrogen-bond donors (Lipinski definition) is 0. The molecule has 0 radical (unpaired) electrons. The van der Waals surface area contributed by atoms with Crippen LogP contribution in [0.15, 0.2) is 0 Å². The highest BCUT2D eigenvalue weighted by Gasteiger charge is 2.48. The van der Waals surface area contributed by atoms with Gasteiger partial charge in [0.05, 0.1) is 19.1 Å². The molecule has 0 aliphatic rings. The molecule has 0 aromatic heterocycles. The Bertz CT molecular complexity index is 520. The quantitative estimate of drug-likeness (QED) is 0.271. The average molecular weight is 387 g/mol. The second-order valence-electron chi connectivity index (χ2n) is 5.70. The van der Waals surface area contributed by atoms with Crippen molar-refractivity contribution in [1.82, 2.24) is 0 Å². The zero-order valence-corrected chi connectivity index (χ0v) is 15.3. The van der Waals surface area contributed by atoms with Gasteiger partial charge in [-0.25, -0.2) is 13.2 Å². The lowest BCUT2D eigenvalue weighted by Crippen LogP contribution is -2.39. The first-order valence-electron chi connectivity index (χ1n) is 8.21. The Labute approximate surface area is 146 Å². The highest BCUT2D eigenvalue weighted by molar-refractivity contribution is 7.87. The van der Waals surface area contributed by atoms with Gasteiger partial charge in [-0.3, -0.25) is 4.79 Å².